The number of halogens is 1. The predicted molar refractivity (Wildman–Crippen MR) is 94.1 cm³/mol. The minimum absolute atomic E-state index is 0.130. The average Bonchev–Trinajstić information content (AvgIpc) is 3.08. The Bertz CT molecular complexity index is 946. The van der Waals surface area contributed by atoms with Crippen LogP contribution in [0.2, 0.25) is 5.02 Å². The number of rotatable bonds is 5. The topological polar surface area (TPSA) is 79.9 Å². The fourth-order valence-electron chi connectivity index (χ4n) is 2.25. The third-order valence-electron chi connectivity index (χ3n) is 3.36. The molecule has 1 amide bonds. The van der Waals surface area contributed by atoms with Gasteiger partial charge in [0.25, 0.3) is 5.91 Å². The molecule has 124 valence electrons. The van der Waals surface area contributed by atoms with Crippen LogP contribution in [0.4, 0.5) is 5.69 Å². The Kier molecular flexibility index (Phi) is 4.97. The molecule has 0 unspecified atom stereocenters. The molecule has 3 aromatic rings. The van der Waals surface area contributed by atoms with E-state index in [1.54, 1.807) is 41.2 Å². The highest BCUT2D eigenvalue weighted by atomic mass is 35.5. The predicted octanol–water partition coefficient (Wildman–Crippen LogP) is 3.68. The number of ether oxygens (including phenoxy) is 1. The number of hydrogen-bond acceptors (Lipinski definition) is 4. The van der Waals surface area contributed by atoms with Crippen LogP contribution in [0, 0.1) is 11.3 Å². The Hall–Kier alpha value is -3.30. The Morgan fingerprint density at radius 2 is 2.00 bits per heavy atom. The van der Waals surface area contributed by atoms with E-state index < -0.39 is 0 Å². The van der Waals surface area contributed by atoms with E-state index in [0.29, 0.717) is 27.7 Å². The van der Waals surface area contributed by atoms with Gasteiger partial charge in [-0.1, -0.05) is 35.9 Å². The molecule has 7 heteroatoms. The van der Waals surface area contributed by atoms with Gasteiger partial charge in [-0.25, -0.2) is 4.68 Å². The zero-order valence-electron chi connectivity index (χ0n) is 13.0. The van der Waals surface area contributed by atoms with Crippen LogP contribution in [0.25, 0.3) is 5.69 Å². The molecular weight excluding hydrogens is 340 g/mol. The van der Waals surface area contributed by atoms with E-state index in [0.717, 1.165) is 0 Å². The van der Waals surface area contributed by atoms with Crippen molar-refractivity contribution in [1.29, 1.82) is 5.26 Å². The minimum Gasteiger partial charge on any atom is -0.478 e. The first kappa shape index (κ1) is 16.6. The largest absolute Gasteiger partial charge is 0.478 e. The monoisotopic (exact) mass is 352 g/mol. The van der Waals surface area contributed by atoms with Crippen molar-refractivity contribution in [1.82, 2.24) is 9.78 Å². The van der Waals surface area contributed by atoms with Crippen LogP contribution in [0.15, 0.2) is 60.9 Å². The summed E-state index contributed by atoms with van der Waals surface area (Å²) in [5.74, 6) is -0.00714. The fourth-order valence-corrected chi connectivity index (χ4v) is 2.47. The van der Waals surface area contributed by atoms with Gasteiger partial charge in [0.15, 0.2) is 6.61 Å². The molecule has 1 aromatic heterocycles. The molecule has 0 spiro atoms. The van der Waals surface area contributed by atoms with Gasteiger partial charge in [0.2, 0.25) is 0 Å². The number of nitrogens with one attached hydrogen (secondary N) is 1. The zero-order valence-corrected chi connectivity index (χ0v) is 13.8. The summed E-state index contributed by atoms with van der Waals surface area (Å²) in [7, 11) is 0. The van der Waals surface area contributed by atoms with Crippen LogP contribution in [0.1, 0.15) is 10.4 Å². The highest BCUT2D eigenvalue weighted by Crippen LogP contribution is 2.22. The van der Waals surface area contributed by atoms with Crippen LogP contribution in [0.3, 0.4) is 0 Å². The van der Waals surface area contributed by atoms with Crippen LogP contribution < -0.4 is 10.1 Å². The molecule has 0 bridgehead atoms. The number of carbonyl (C=O) groups is 1. The molecule has 0 aliphatic carbocycles. The summed E-state index contributed by atoms with van der Waals surface area (Å²) in [6, 6.07) is 15.9. The lowest BCUT2D eigenvalue weighted by Gasteiger charge is -2.08. The maximum Gasteiger partial charge on any atom is 0.259 e. The highest BCUT2D eigenvalue weighted by Gasteiger charge is 2.13. The number of para-hydroxylation sites is 2. The number of aromatic nitrogens is 2. The molecule has 0 aliphatic heterocycles. The summed E-state index contributed by atoms with van der Waals surface area (Å²) in [5.41, 5.74) is 1.56. The van der Waals surface area contributed by atoms with Crippen molar-refractivity contribution >= 4 is 23.2 Å². The minimum atomic E-state index is -0.354. The Balaban J connectivity index is 1.79. The van der Waals surface area contributed by atoms with Crippen molar-refractivity contribution in [2.75, 3.05) is 11.9 Å². The van der Waals surface area contributed by atoms with E-state index in [2.05, 4.69) is 10.4 Å². The summed E-state index contributed by atoms with van der Waals surface area (Å²) in [4.78, 5) is 12.5. The lowest BCUT2D eigenvalue weighted by Crippen LogP contribution is -2.13. The SMILES string of the molecule is N#CCOc1ccccc1C(=O)Nc1cnn(-c2ccccc2Cl)c1. The van der Waals surface area contributed by atoms with E-state index >= 15 is 0 Å². The Morgan fingerprint density at radius 3 is 2.80 bits per heavy atom. The second-order valence-electron chi connectivity index (χ2n) is 5.02. The Labute approximate surface area is 149 Å². The van der Waals surface area contributed by atoms with Gasteiger partial charge in [-0.15, -0.1) is 0 Å². The van der Waals surface area contributed by atoms with Crippen molar-refractivity contribution in [3.63, 3.8) is 0 Å². The summed E-state index contributed by atoms with van der Waals surface area (Å²) >= 11 is 6.15. The van der Waals surface area contributed by atoms with Gasteiger partial charge >= 0.3 is 0 Å². The van der Waals surface area contributed by atoms with Gasteiger partial charge in [-0.3, -0.25) is 4.79 Å². The maximum atomic E-state index is 12.5. The molecule has 1 N–H and O–H groups in total. The molecule has 0 saturated carbocycles. The maximum absolute atomic E-state index is 12.5. The molecule has 2 aromatic carbocycles. The first-order valence-corrected chi connectivity index (χ1v) is 7.76. The number of nitrogens with zero attached hydrogens (tertiary/aromatic N) is 3. The fraction of sp³-hybridized carbons (Fsp3) is 0.0556. The lowest BCUT2D eigenvalue weighted by atomic mass is 10.2. The van der Waals surface area contributed by atoms with Crippen LogP contribution >= 0.6 is 11.6 Å². The number of hydrogen-bond donors (Lipinski definition) is 1. The summed E-state index contributed by atoms with van der Waals surface area (Å²) < 4.78 is 6.85. The summed E-state index contributed by atoms with van der Waals surface area (Å²) in [6.07, 6.45) is 3.19. The van der Waals surface area contributed by atoms with E-state index in [1.807, 2.05) is 24.3 Å². The smallest absolute Gasteiger partial charge is 0.259 e. The lowest BCUT2D eigenvalue weighted by molar-refractivity contribution is 0.102. The van der Waals surface area contributed by atoms with Crippen molar-refractivity contribution in [2.45, 2.75) is 0 Å². The number of nitriles is 1. The number of anilines is 1. The molecule has 1 heterocycles. The molecule has 25 heavy (non-hydrogen) atoms. The van der Waals surface area contributed by atoms with E-state index in [1.165, 1.54) is 6.20 Å². The van der Waals surface area contributed by atoms with Gasteiger partial charge in [-0.05, 0) is 24.3 Å². The molecular formula is C18H13ClN4O2. The molecule has 0 atom stereocenters. The third-order valence-corrected chi connectivity index (χ3v) is 3.68. The normalized spacial score (nSPS) is 10.1. The zero-order chi connectivity index (χ0) is 17.6. The van der Waals surface area contributed by atoms with Gasteiger partial charge in [0, 0.05) is 0 Å². The summed E-state index contributed by atoms with van der Waals surface area (Å²) in [6.45, 7) is -0.130. The molecule has 0 radical (unpaired) electrons. The molecule has 0 fully saturated rings. The first-order chi connectivity index (χ1) is 12.2. The van der Waals surface area contributed by atoms with Crippen molar-refractivity contribution in [3.05, 3.63) is 71.5 Å². The second-order valence-corrected chi connectivity index (χ2v) is 5.43. The van der Waals surface area contributed by atoms with Crippen molar-refractivity contribution < 1.29 is 9.53 Å². The van der Waals surface area contributed by atoms with Crippen LogP contribution in [-0.2, 0) is 0 Å². The van der Waals surface area contributed by atoms with E-state index in [9.17, 15) is 4.79 Å². The average molecular weight is 353 g/mol. The van der Waals surface area contributed by atoms with Gasteiger partial charge in [0.1, 0.15) is 11.8 Å². The molecule has 6 nitrogen and oxygen atoms in total. The first-order valence-electron chi connectivity index (χ1n) is 7.39. The number of benzene rings is 2. The Morgan fingerprint density at radius 1 is 1.24 bits per heavy atom. The summed E-state index contributed by atoms with van der Waals surface area (Å²) in [5, 5.41) is 16.1. The van der Waals surface area contributed by atoms with E-state index in [4.69, 9.17) is 21.6 Å². The van der Waals surface area contributed by atoms with Crippen molar-refractivity contribution in [2.24, 2.45) is 0 Å². The third kappa shape index (κ3) is 3.79. The van der Waals surface area contributed by atoms with Gasteiger partial charge in [-0.2, -0.15) is 10.4 Å². The number of amides is 1. The highest BCUT2D eigenvalue weighted by molar-refractivity contribution is 6.32. The van der Waals surface area contributed by atoms with Crippen LogP contribution in [-0.4, -0.2) is 22.3 Å². The standard InChI is InChI=1S/C18H13ClN4O2/c19-15-6-2-3-7-16(15)23-12-13(11-21-23)22-18(24)14-5-1-4-8-17(14)25-10-9-20/h1-8,11-12H,10H2,(H,22,24). The van der Waals surface area contributed by atoms with Gasteiger partial charge in [0.05, 0.1) is 34.4 Å². The van der Waals surface area contributed by atoms with E-state index in [-0.39, 0.29) is 12.5 Å². The van der Waals surface area contributed by atoms with Gasteiger partial charge < -0.3 is 10.1 Å². The van der Waals surface area contributed by atoms with Crippen molar-refractivity contribution in [3.8, 4) is 17.5 Å². The number of carbonyl (C=O) groups excluding carboxylic acids is 1. The quantitative estimate of drug-likeness (QED) is 0.759. The molecule has 3 rings (SSSR count). The molecule has 0 saturated heterocycles. The molecule has 0 aliphatic rings. The second kappa shape index (κ2) is 7.51. The van der Waals surface area contributed by atoms with Crippen LogP contribution in [0.5, 0.6) is 5.75 Å².